The Kier molecular flexibility index (Phi) is 5.94. The number of nitrogens with zero attached hydrogens (tertiary/aromatic N) is 4. The predicted molar refractivity (Wildman–Crippen MR) is 106 cm³/mol. The van der Waals surface area contributed by atoms with Gasteiger partial charge in [-0.05, 0) is 38.1 Å². The summed E-state index contributed by atoms with van der Waals surface area (Å²) in [5.74, 6) is 1.26. The highest BCUT2D eigenvalue weighted by Gasteiger charge is 2.21. The number of pyridine rings is 1. The number of para-hydroxylation sites is 2. The average molecular weight is 353 g/mol. The zero-order valence-electron chi connectivity index (χ0n) is 15.5. The summed E-state index contributed by atoms with van der Waals surface area (Å²) in [6, 6.07) is 13.5. The molecule has 0 aliphatic carbocycles. The molecule has 0 atom stereocenters. The summed E-state index contributed by atoms with van der Waals surface area (Å²) in [5, 5.41) is 13.4. The van der Waals surface area contributed by atoms with E-state index in [1.54, 1.807) is 6.07 Å². The van der Waals surface area contributed by atoms with Gasteiger partial charge in [0.05, 0.1) is 17.9 Å². The lowest BCUT2D eigenvalue weighted by atomic mass is 10.2. The van der Waals surface area contributed by atoms with Crippen molar-refractivity contribution in [3.63, 3.8) is 0 Å². The Morgan fingerprint density at radius 2 is 1.88 bits per heavy atom. The number of piperazine rings is 1. The summed E-state index contributed by atoms with van der Waals surface area (Å²) in [5.41, 5.74) is 2.89. The van der Waals surface area contributed by atoms with Crippen LogP contribution in [0.5, 0.6) is 5.75 Å². The van der Waals surface area contributed by atoms with Gasteiger partial charge >= 0.3 is 0 Å². The van der Waals surface area contributed by atoms with Gasteiger partial charge in [-0.2, -0.15) is 0 Å². The molecule has 0 saturated carbocycles. The van der Waals surface area contributed by atoms with E-state index in [1.165, 1.54) is 0 Å². The Balaban J connectivity index is 1.64. The molecule has 0 amide bonds. The molecule has 138 valence electrons. The van der Waals surface area contributed by atoms with Crippen molar-refractivity contribution >= 4 is 11.6 Å². The van der Waals surface area contributed by atoms with E-state index in [0.29, 0.717) is 12.3 Å². The number of phenolic OH excluding ortho intramolecular Hbond substituents is 1. The molecule has 2 heterocycles. The monoisotopic (exact) mass is 353 g/mol. The van der Waals surface area contributed by atoms with E-state index in [-0.39, 0.29) is 0 Å². The quantitative estimate of drug-likeness (QED) is 0.653. The van der Waals surface area contributed by atoms with Gasteiger partial charge in [-0.3, -0.25) is 4.98 Å². The molecule has 2 aromatic rings. The van der Waals surface area contributed by atoms with Crippen molar-refractivity contribution in [1.29, 1.82) is 0 Å². The molecule has 1 fully saturated rings. The third-order valence-electron chi connectivity index (χ3n) is 4.47. The van der Waals surface area contributed by atoms with E-state index >= 15 is 0 Å². The molecule has 6 nitrogen and oxygen atoms in total. The third kappa shape index (κ3) is 4.45. The van der Waals surface area contributed by atoms with Crippen LogP contribution < -0.4 is 10.2 Å². The fraction of sp³-hybridized carbons (Fsp3) is 0.400. The van der Waals surface area contributed by atoms with Crippen LogP contribution in [-0.4, -0.2) is 53.7 Å². The summed E-state index contributed by atoms with van der Waals surface area (Å²) in [6.07, 6.45) is 0. The molecule has 1 aromatic carbocycles. The average Bonchev–Trinajstić information content (AvgIpc) is 2.66. The molecule has 1 aromatic heterocycles. The molecule has 1 aliphatic heterocycles. The molecule has 2 N–H and O–H groups in total. The lowest BCUT2D eigenvalue weighted by molar-refractivity contribution is 0.369. The second-order valence-corrected chi connectivity index (χ2v) is 6.40. The molecule has 1 aliphatic rings. The van der Waals surface area contributed by atoms with Gasteiger partial charge in [0.25, 0.3) is 0 Å². The third-order valence-corrected chi connectivity index (χ3v) is 4.47. The number of phenols is 1. The van der Waals surface area contributed by atoms with Crippen LogP contribution in [0.2, 0.25) is 0 Å². The Hall–Kier alpha value is -2.76. The van der Waals surface area contributed by atoms with Crippen LogP contribution in [0, 0.1) is 6.92 Å². The Morgan fingerprint density at radius 1 is 1.12 bits per heavy atom. The van der Waals surface area contributed by atoms with Crippen molar-refractivity contribution in [1.82, 2.24) is 15.2 Å². The van der Waals surface area contributed by atoms with Gasteiger partial charge in [0.1, 0.15) is 5.75 Å². The highest BCUT2D eigenvalue weighted by Crippen LogP contribution is 2.27. The highest BCUT2D eigenvalue weighted by molar-refractivity contribution is 5.80. The van der Waals surface area contributed by atoms with Crippen LogP contribution in [0.25, 0.3) is 0 Å². The first-order chi connectivity index (χ1) is 12.7. The molecule has 6 heteroatoms. The summed E-state index contributed by atoms with van der Waals surface area (Å²) in [4.78, 5) is 13.8. The maximum absolute atomic E-state index is 10.1. The van der Waals surface area contributed by atoms with E-state index in [2.05, 4.69) is 27.0 Å². The van der Waals surface area contributed by atoms with E-state index in [0.717, 1.165) is 55.8 Å². The van der Waals surface area contributed by atoms with Gasteiger partial charge < -0.3 is 20.2 Å². The highest BCUT2D eigenvalue weighted by atomic mass is 16.3. The summed E-state index contributed by atoms with van der Waals surface area (Å²) < 4.78 is 0. The second kappa shape index (κ2) is 8.56. The number of aryl methyl sites for hydroxylation is 1. The van der Waals surface area contributed by atoms with Gasteiger partial charge in [-0.1, -0.05) is 18.2 Å². The summed E-state index contributed by atoms with van der Waals surface area (Å²) in [7, 11) is 0. The maximum Gasteiger partial charge on any atom is 0.194 e. The minimum Gasteiger partial charge on any atom is -0.506 e. The normalized spacial score (nSPS) is 15.2. The SMILES string of the molecule is CCNC(=NCc1cccc(C)n1)N1CCN(c2ccccc2O)CC1. The number of rotatable bonds is 4. The first kappa shape index (κ1) is 18.0. The van der Waals surface area contributed by atoms with Crippen LogP contribution in [-0.2, 0) is 6.54 Å². The molecule has 0 radical (unpaired) electrons. The standard InChI is InChI=1S/C20H27N5O/c1-3-21-20(22-15-17-8-6-7-16(2)23-17)25-13-11-24(12-14-25)18-9-4-5-10-19(18)26/h4-10,26H,3,11-15H2,1-2H3,(H,21,22). The van der Waals surface area contributed by atoms with Crippen molar-refractivity contribution < 1.29 is 5.11 Å². The Morgan fingerprint density at radius 3 is 2.58 bits per heavy atom. The van der Waals surface area contributed by atoms with Crippen LogP contribution >= 0.6 is 0 Å². The van der Waals surface area contributed by atoms with Gasteiger partial charge in [0.15, 0.2) is 5.96 Å². The van der Waals surface area contributed by atoms with E-state index in [4.69, 9.17) is 4.99 Å². The molecule has 3 rings (SSSR count). The molecular weight excluding hydrogens is 326 g/mol. The smallest absolute Gasteiger partial charge is 0.194 e. The first-order valence-electron chi connectivity index (χ1n) is 9.16. The zero-order valence-corrected chi connectivity index (χ0v) is 15.5. The fourth-order valence-electron chi connectivity index (χ4n) is 3.16. The van der Waals surface area contributed by atoms with E-state index in [9.17, 15) is 5.11 Å². The van der Waals surface area contributed by atoms with Gasteiger partial charge in [0, 0.05) is 38.4 Å². The second-order valence-electron chi connectivity index (χ2n) is 6.40. The number of hydrogen-bond acceptors (Lipinski definition) is 4. The molecule has 1 saturated heterocycles. The topological polar surface area (TPSA) is 64.0 Å². The minimum atomic E-state index is 0.340. The number of hydrogen-bond donors (Lipinski definition) is 2. The van der Waals surface area contributed by atoms with E-state index < -0.39 is 0 Å². The Labute approximate surface area is 155 Å². The zero-order chi connectivity index (χ0) is 18.4. The largest absolute Gasteiger partial charge is 0.506 e. The van der Waals surface area contributed by atoms with Gasteiger partial charge in [-0.15, -0.1) is 0 Å². The number of aliphatic imine (C=N–C) groups is 1. The number of aromatic hydroxyl groups is 1. The van der Waals surface area contributed by atoms with Crippen LogP contribution in [0.3, 0.4) is 0 Å². The van der Waals surface area contributed by atoms with Crippen molar-refractivity contribution in [3.05, 3.63) is 53.9 Å². The number of guanidine groups is 1. The summed E-state index contributed by atoms with van der Waals surface area (Å²) in [6.45, 7) is 8.91. The van der Waals surface area contributed by atoms with Crippen molar-refractivity contribution in [2.75, 3.05) is 37.6 Å². The van der Waals surface area contributed by atoms with Gasteiger partial charge in [-0.25, -0.2) is 4.99 Å². The predicted octanol–water partition coefficient (Wildman–Crippen LogP) is 2.38. The van der Waals surface area contributed by atoms with Crippen molar-refractivity contribution in [2.45, 2.75) is 20.4 Å². The lowest BCUT2D eigenvalue weighted by Crippen LogP contribution is -2.52. The van der Waals surface area contributed by atoms with Gasteiger partial charge in [0.2, 0.25) is 0 Å². The van der Waals surface area contributed by atoms with Crippen LogP contribution in [0.15, 0.2) is 47.5 Å². The molecule has 0 spiro atoms. The van der Waals surface area contributed by atoms with Crippen LogP contribution in [0.4, 0.5) is 5.69 Å². The molecule has 0 bridgehead atoms. The Bertz CT molecular complexity index is 753. The summed E-state index contributed by atoms with van der Waals surface area (Å²) >= 11 is 0. The molecule has 26 heavy (non-hydrogen) atoms. The number of aromatic nitrogens is 1. The fourth-order valence-corrected chi connectivity index (χ4v) is 3.16. The molecular formula is C20H27N5O. The van der Waals surface area contributed by atoms with Crippen LogP contribution in [0.1, 0.15) is 18.3 Å². The van der Waals surface area contributed by atoms with Crippen molar-refractivity contribution in [2.24, 2.45) is 4.99 Å². The first-order valence-corrected chi connectivity index (χ1v) is 9.16. The van der Waals surface area contributed by atoms with E-state index in [1.807, 2.05) is 43.3 Å². The number of benzene rings is 1. The number of anilines is 1. The maximum atomic E-state index is 10.1. The number of nitrogens with one attached hydrogen (secondary N) is 1. The lowest BCUT2D eigenvalue weighted by Gasteiger charge is -2.37. The molecule has 0 unspecified atom stereocenters. The minimum absolute atomic E-state index is 0.340. The van der Waals surface area contributed by atoms with Crippen molar-refractivity contribution in [3.8, 4) is 5.75 Å².